The van der Waals surface area contributed by atoms with Gasteiger partial charge in [0, 0.05) is 50.3 Å². The van der Waals surface area contributed by atoms with Crippen LogP contribution in [0, 0.1) is 0 Å². The lowest BCUT2D eigenvalue weighted by atomic mass is 10.2. The van der Waals surface area contributed by atoms with Crippen LogP contribution in [0.4, 0.5) is 0 Å². The Morgan fingerprint density at radius 1 is 0.765 bits per heavy atom. The highest BCUT2D eigenvalue weighted by molar-refractivity contribution is 4.89. The molecule has 1 heterocycles. The SMILES string of the molecule is C=C[C@H]1CN[C@@H](C)CN[C@@H](C)CN[C@@H](C)CN1. The van der Waals surface area contributed by atoms with Crippen LogP contribution in [0.1, 0.15) is 20.8 Å². The van der Waals surface area contributed by atoms with Crippen molar-refractivity contribution >= 4 is 0 Å². The first kappa shape index (κ1) is 14.6. The average molecular weight is 240 g/mol. The molecule has 1 aliphatic heterocycles. The molecule has 0 spiro atoms. The number of hydrogen-bond acceptors (Lipinski definition) is 4. The lowest BCUT2D eigenvalue weighted by Gasteiger charge is -2.26. The third-order valence-electron chi connectivity index (χ3n) is 3.20. The molecule has 0 aromatic carbocycles. The van der Waals surface area contributed by atoms with Gasteiger partial charge in [-0.1, -0.05) is 6.08 Å². The molecule has 0 unspecified atom stereocenters. The van der Waals surface area contributed by atoms with Crippen LogP contribution in [0.5, 0.6) is 0 Å². The fraction of sp³-hybridized carbons (Fsp3) is 0.846. The third kappa shape index (κ3) is 6.17. The summed E-state index contributed by atoms with van der Waals surface area (Å²) < 4.78 is 0. The van der Waals surface area contributed by atoms with Crippen LogP contribution in [0.15, 0.2) is 12.7 Å². The summed E-state index contributed by atoms with van der Waals surface area (Å²) in [5.41, 5.74) is 0. The monoisotopic (exact) mass is 240 g/mol. The van der Waals surface area contributed by atoms with E-state index in [4.69, 9.17) is 0 Å². The predicted molar refractivity (Wildman–Crippen MR) is 74.4 cm³/mol. The molecule has 4 atom stereocenters. The van der Waals surface area contributed by atoms with Crippen molar-refractivity contribution in [3.63, 3.8) is 0 Å². The molecule has 0 aromatic heterocycles. The van der Waals surface area contributed by atoms with Gasteiger partial charge in [-0.05, 0) is 20.8 Å². The summed E-state index contributed by atoms with van der Waals surface area (Å²) in [6.45, 7) is 14.4. The molecular weight excluding hydrogens is 212 g/mol. The van der Waals surface area contributed by atoms with Crippen molar-refractivity contribution in [2.75, 3.05) is 26.2 Å². The van der Waals surface area contributed by atoms with Crippen LogP contribution < -0.4 is 21.3 Å². The summed E-state index contributed by atoms with van der Waals surface area (Å²) in [4.78, 5) is 0. The van der Waals surface area contributed by atoms with Crippen molar-refractivity contribution < 1.29 is 0 Å². The van der Waals surface area contributed by atoms with E-state index in [0.29, 0.717) is 24.2 Å². The molecule has 4 nitrogen and oxygen atoms in total. The first-order valence-electron chi connectivity index (χ1n) is 6.68. The number of nitrogens with one attached hydrogen (secondary N) is 4. The minimum atomic E-state index is 0.346. The molecule has 1 saturated heterocycles. The van der Waals surface area contributed by atoms with Crippen LogP contribution in [-0.4, -0.2) is 50.3 Å². The molecule has 1 rings (SSSR count). The molecule has 0 radical (unpaired) electrons. The quantitative estimate of drug-likeness (QED) is 0.490. The van der Waals surface area contributed by atoms with E-state index < -0.39 is 0 Å². The van der Waals surface area contributed by atoms with Crippen LogP contribution in [-0.2, 0) is 0 Å². The van der Waals surface area contributed by atoms with Crippen molar-refractivity contribution in [2.45, 2.75) is 44.9 Å². The van der Waals surface area contributed by atoms with E-state index in [-0.39, 0.29) is 0 Å². The van der Waals surface area contributed by atoms with Crippen molar-refractivity contribution in [1.82, 2.24) is 21.3 Å². The highest BCUT2D eigenvalue weighted by atomic mass is 15.1. The minimum absolute atomic E-state index is 0.346. The van der Waals surface area contributed by atoms with Crippen LogP contribution in [0.3, 0.4) is 0 Å². The Morgan fingerprint density at radius 3 is 1.65 bits per heavy atom. The Kier molecular flexibility index (Phi) is 6.73. The topological polar surface area (TPSA) is 48.1 Å². The van der Waals surface area contributed by atoms with Gasteiger partial charge < -0.3 is 21.3 Å². The average Bonchev–Trinajstić information content (AvgIpc) is 2.32. The fourth-order valence-corrected chi connectivity index (χ4v) is 1.87. The molecule has 4 heteroatoms. The van der Waals surface area contributed by atoms with Gasteiger partial charge in [0.15, 0.2) is 0 Å². The van der Waals surface area contributed by atoms with E-state index in [1.54, 1.807) is 0 Å². The molecule has 1 aliphatic rings. The van der Waals surface area contributed by atoms with Gasteiger partial charge >= 0.3 is 0 Å². The Labute approximate surface area is 106 Å². The molecular formula is C13H28N4. The van der Waals surface area contributed by atoms with Crippen molar-refractivity contribution in [2.24, 2.45) is 0 Å². The number of rotatable bonds is 1. The maximum atomic E-state index is 3.88. The Bertz CT molecular complexity index is 201. The Morgan fingerprint density at radius 2 is 1.18 bits per heavy atom. The van der Waals surface area contributed by atoms with Crippen LogP contribution in [0.25, 0.3) is 0 Å². The van der Waals surface area contributed by atoms with E-state index in [0.717, 1.165) is 26.2 Å². The zero-order chi connectivity index (χ0) is 12.7. The third-order valence-corrected chi connectivity index (χ3v) is 3.20. The Hall–Kier alpha value is -0.420. The number of hydrogen-bond donors (Lipinski definition) is 4. The largest absolute Gasteiger partial charge is 0.311 e. The highest BCUT2D eigenvalue weighted by Gasteiger charge is 2.12. The molecule has 17 heavy (non-hydrogen) atoms. The summed E-state index contributed by atoms with van der Waals surface area (Å²) in [5, 5.41) is 14.1. The summed E-state index contributed by atoms with van der Waals surface area (Å²) in [5.74, 6) is 0. The van der Waals surface area contributed by atoms with Crippen LogP contribution >= 0.6 is 0 Å². The van der Waals surface area contributed by atoms with Gasteiger partial charge in [0.25, 0.3) is 0 Å². The van der Waals surface area contributed by atoms with Crippen molar-refractivity contribution in [3.8, 4) is 0 Å². The van der Waals surface area contributed by atoms with Crippen molar-refractivity contribution in [1.29, 1.82) is 0 Å². The minimum Gasteiger partial charge on any atom is -0.311 e. The van der Waals surface area contributed by atoms with Gasteiger partial charge in [0.05, 0.1) is 0 Å². The summed E-state index contributed by atoms with van der Waals surface area (Å²) in [6.07, 6.45) is 1.98. The molecule has 0 saturated carbocycles. The molecule has 1 fully saturated rings. The van der Waals surface area contributed by atoms with Gasteiger partial charge in [-0.3, -0.25) is 0 Å². The molecule has 0 aromatic rings. The maximum Gasteiger partial charge on any atom is 0.0374 e. The van der Waals surface area contributed by atoms with E-state index in [2.05, 4.69) is 48.6 Å². The second-order valence-electron chi connectivity index (χ2n) is 5.18. The standard InChI is InChI=1S/C13H28N4/c1-5-13-9-16-11(3)7-14-10(2)6-15-12(4)8-17-13/h5,10-17H,1,6-9H2,2-4H3/t10-,11-,12-,13-/m0/s1. The maximum absolute atomic E-state index is 3.88. The summed E-state index contributed by atoms with van der Waals surface area (Å²) in [7, 11) is 0. The summed E-state index contributed by atoms with van der Waals surface area (Å²) >= 11 is 0. The molecule has 0 amide bonds. The zero-order valence-corrected chi connectivity index (χ0v) is 11.4. The zero-order valence-electron chi connectivity index (χ0n) is 11.4. The van der Waals surface area contributed by atoms with E-state index in [9.17, 15) is 0 Å². The van der Waals surface area contributed by atoms with Gasteiger partial charge in [-0.25, -0.2) is 0 Å². The molecule has 4 N–H and O–H groups in total. The van der Waals surface area contributed by atoms with E-state index >= 15 is 0 Å². The van der Waals surface area contributed by atoms with Gasteiger partial charge in [-0.15, -0.1) is 6.58 Å². The second-order valence-corrected chi connectivity index (χ2v) is 5.18. The molecule has 100 valence electrons. The van der Waals surface area contributed by atoms with Crippen molar-refractivity contribution in [3.05, 3.63) is 12.7 Å². The van der Waals surface area contributed by atoms with E-state index in [1.165, 1.54) is 0 Å². The first-order chi connectivity index (χ1) is 8.11. The first-order valence-corrected chi connectivity index (χ1v) is 6.68. The van der Waals surface area contributed by atoms with Gasteiger partial charge in [-0.2, -0.15) is 0 Å². The Balaban J connectivity index is 2.47. The van der Waals surface area contributed by atoms with Gasteiger partial charge in [0.1, 0.15) is 0 Å². The van der Waals surface area contributed by atoms with Crippen LogP contribution in [0.2, 0.25) is 0 Å². The molecule has 0 aliphatic carbocycles. The highest BCUT2D eigenvalue weighted by Crippen LogP contribution is 1.91. The predicted octanol–water partition coefficient (Wildman–Crippen LogP) is 0.0785. The smallest absolute Gasteiger partial charge is 0.0374 e. The molecule has 0 bridgehead atoms. The van der Waals surface area contributed by atoms with Gasteiger partial charge in [0.2, 0.25) is 0 Å². The normalized spacial score (nSPS) is 37.8. The lowest BCUT2D eigenvalue weighted by Crippen LogP contribution is -2.51. The second kappa shape index (κ2) is 7.82. The summed E-state index contributed by atoms with van der Waals surface area (Å²) in [6, 6.07) is 1.83. The van der Waals surface area contributed by atoms with E-state index in [1.807, 2.05) is 6.08 Å². The fourth-order valence-electron chi connectivity index (χ4n) is 1.87. The lowest BCUT2D eigenvalue weighted by molar-refractivity contribution is 0.386.